The summed E-state index contributed by atoms with van der Waals surface area (Å²) in [5.74, 6) is 0.837. The van der Waals surface area contributed by atoms with Gasteiger partial charge in [0.25, 0.3) is 0 Å². The van der Waals surface area contributed by atoms with E-state index in [-0.39, 0.29) is 6.10 Å². The van der Waals surface area contributed by atoms with Crippen molar-refractivity contribution >= 4 is 0 Å². The van der Waals surface area contributed by atoms with E-state index in [0.717, 1.165) is 37.0 Å². The molecule has 1 atom stereocenters. The first kappa shape index (κ1) is 14.4. The van der Waals surface area contributed by atoms with Gasteiger partial charge in [-0.25, -0.2) is 0 Å². The highest BCUT2D eigenvalue weighted by atomic mass is 16.5. The third-order valence-corrected chi connectivity index (χ3v) is 3.92. The van der Waals surface area contributed by atoms with Crippen LogP contribution in [0.4, 0.5) is 0 Å². The minimum Gasteiger partial charge on any atom is -0.491 e. The molecule has 1 saturated carbocycles. The van der Waals surface area contributed by atoms with Crippen LogP contribution in [0.25, 0.3) is 0 Å². The molecule has 0 amide bonds. The Kier molecular flexibility index (Phi) is 4.48. The van der Waals surface area contributed by atoms with Gasteiger partial charge in [-0.2, -0.15) is 0 Å². The summed E-state index contributed by atoms with van der Waals surface area (Å²) >= 11 is 0. The quantitative estimate of drug-likeness (QED) is 0.885. The monoisotopic (exact) mass is 264 g/mol. The lowest BCUT2D eigenvalue weighted by Crippen LogP contribution is -2.35. The number of hydrogen-bond acceptors (Lipinski definition) is 3. The van der Waals surface area contributed by atoms with Crippen molar-refractivity contribution in [2.45, 2.75) is 57.3 Å². The smallest absolute Gasteiger partial charge is 0.119 e. The van der Waals surface area contributed by atoms with Crippen molar-refractivity contribution in [1.82, 2.24) is 0 Å². The molecule has 0 saturated heterocycles. The molecule has 1 aromatic rings. The van der Waals surface area contributed by atoms with Gasteiger partial charge in [-0.15, -0.1) is 0 Å². The zero-order valence-electron chi connectivity index (χ0n) is 12.1. The summed E-state index contributed by atoms with van der Waals surface area (Å²) in [6.45, 7) is 4.00. The zero-order valence-corrected chi connectivity index (χ0v) is 12.1. The van der Waals surface area contributed by atoms with Crippen LogP contribution in [0.15, 0.2) is 24.3 Å². The first-order chi connectivity index (χ1) is 9.07. The summed E-state index contributed by atoms with van der Waals surface area (Å²) in [5, 5.41) is 10.6. The minimum absolute atomic E-state index is 0.163. The fourth-order valence-corrected chi connectivity index (χ4v) is 2.87. The fraction of sp³-hybridized carbons (Fsp3) is 0.625. The number of aliphatic hydroxyl groups is 1. The van der Waals surface area contributed by atoms with Crippen LogP contribution in [0.2, 0.25) is 0 Å². The molecule has 0 aliphatic heterocycles. The van der Waals surface area contributed by atoms with Gasteiger partial charge in [0.15, 0.2) is 0 Å². The Bertz CT molecular complexity index is 391. The number of aliphatic hydroxyl groups excluding tert-OH is 1. The Morgan fingerprint density at radius 2 is 1.68 bits per heavy atom. The molecular formula is C16H24O3. The molecular weight excluding hydrogens is 240 g/mol. The summed E-state index contributed by atoms with van der Waals surface area (Å²) in [5.41, 5.74) is 0.500. The maximum atomic E-state index is 10.6. The van der Waals surface area contributed by atoms with Crippen LogP contribution in [0.1, 0.15) is 51.2 Å². The molecule has 1 fully saturated rings. The minimum atomic E-state index is -0.562. The van der Waals surface area contributed by atoms with Gasteiger partial charge >= 0.3 is 0 Å². The van der Waals surface area contributed by atoms with Crippen molar-refractivity contribution in [3.63, 3.8) is 0 Å². The molecule has 0 spiro atoms. The van der Waals surface area contributed by atoms with Crippen LogP contribution >= 0.6 is 0 Å². The van der Waals surface area contributed by atoms with E-state index in [2.05, 4.69) is 0 Å². The Morgan fingerprint density at radius 3 is 2.16 bits per heavy atom. The van der Waals surface area contributed by atoms with Crippen molar-refractivity contribution < 1.29 is 14.6 Å². The van der Waals surface area contributed by atoms with Gasteiger partial charge in [0.05, 0.1) is 11.7 Å². The van der Waals surface area contributed by atoms with E-state index in [1.807, 2.05) is 38.1 Å². The molecule has 1 N–H and O–H groups in total. The van der Waals surface area contributed by atoms with Crippen LogP contribution in [0.3, 0.4) is 0 Å². The molecule has 1 aliphatic carbocycles. The van der Waals surface area contributed by atoms with Gasteiger partial charge in [0.2, 0.25) is 0 Å². The SMILES string of the molecule is COC1(C(O)c2ccc(OC(C)C)cc2)CCCC1. The highest BCUT2D eigenvalue weighted by molar-refractivity contribution is 5.30. The lowest BCUT2D eigenvalue weighted by Gasteiger charge is -2.33. The van der Waals surface area contributed by atoms with E-state index in [1.54, 1.807) is 7.11 Å². The van der Waals surface area contributed by atoms with Crippen LogP contribution < -0.4 is 4.74 Å². The van der Waals surface area contributed by atoms with Gasteiger partial charge in [-0.3, -0.25) is 0 Å². The highest BCUT2D eigenvalue weighted by Gasteiger charge is 2.41. The van der Waals surface area contributed by atoms with Gasteiger partial charge in [0, 0.05) is 7.11 Å². The molecule has 1 aromatic carbocycles. The van der Waals surface area contributed by atoms with Crippen LogP contribution in [-0.4, -0.2) is 23.9 Å². The van der Waals surface area contributed by atoms with Crippen molar-refractivity contribution in [3.05, 3.63) is 29.8 Å². The van der Waals surface area contributed by atoms with Gasteiger partial charge in [-0.1, -0.05) is 25.0 Å². The average Bonchev–Trinajstić information content (AvgIpc) is 2.88. The van der Waals surface area contributed by atoms with E-state index >= 15 is 0 Å². The number of hydrogen-bond donors (Lipinski definition) is 1. The van der Waals surface area contributed by atoms with Crippen LogP contribution in [0.5, 0.6) is 5.75 Å². The van der Waals surface area contributed by atoms with E-state index < -0.39 is 11.7 Å². The summed E-state index contributed by atoms with van der Waals surface area (Å²) < 4.78 is 11.2. The molecule has 3 heteroatoms. The van der Waals surface area contributed by atoms with E-state index in [9.17, 15) is 5.11 Å². The standard InChI is InChI=1S/C16H24O3/c1-12(2)19-14-8-6-13(7-9-14)15(17)16(18-3)10-4-5-11-16/h6-9,12,15,17H,4-5,10-11H2,1-3H3. The zero-order chi connectivity index (χ0) is 13.9. The molecule has 106 valence electrons. The average molecular weight is 264 g/mol. The Hall–Kier alpha value is -1.06. The summed E-state index contributed by atoms with van der Waals surface area (Å²) in [6.07, 6.45) is 3.70. The Balaban J connectivity index is 2.12. The predicted octanol–water partition coefficient (Wildman–Crippen LogP) is 3.47. The van der Waals surface area contributed by atoms with E-state index in [1.165, 1.54) is 0 Å². The van der Waals surface area contributed by atoms with E-state index in [4.69, 9.17) is 9.47 Å². The molecule has 0 aromatic heterocycles. The molecule has 2 rings (SSSR count). The van der Waals surface area contributed by atoms with Crippen molar-refractivity contribution in [2.75, 3.05) is 7.11 Å². The number of methoxy groups -OCH3 is 1. The molecule has 0 radical (unpaired) electrons. The molecule has 0 heterocycles. The fourth-order valence-electron chi connectivity index (χ4n) is 2.87. The van der Waals surface area contributed by atoms with Crippen LogP contribution in [0, 0.1) is 0 Å². The topological polar surface area (TPSA) is 38.7 Å². The van der Waals surface area contributed by atoms with Crippen molar-refractivity contribution in [2.24, 2.45) is 0 Å². The second-order valence-corrected chi connectivity index (χ2v) is 5.61. The summed E-state index contributed by atoms with van der Waals surface area (Å²) in [4.78, 5) is 0. The van der Waals surface area contributed by atoms with Gasteiger partial charge in [0.1, 0.15) is 11.9 Å². The summed E-state index contributed by atoms with van der Waals surface area (Å²) in [7, 11) is 1.70. The molecule has 1 aliphatic rings. The van der Waals surface area contributed by atoms with Crippen molar-refractivity contribution in [3.8, 4) is 5.75 Å². The molecule has 1 unspecified atom stereocenters. The molecule has 3 nitrogen and oxygen atoms in total. The first-order valence-electron chi connectivity index (χ1n) is 7.07. The van der Waals surface area contributed by atoms with Gasteiger partial charge < -0.3 is 14.6 Å². The lowest BCUT2D eigenvalue weighted by molar-refractivity contribution is -0.100. The first-order valence-corrected chi connectivity index (χ1v) is 7.07. The number of rotatable bonds is 5. The Morgan fingerprint density at radius 1 is 1.11 bits per heavy atom. The molecule has 0 bridgehead atoms. The molecule has 19 heavy (non-hydrogen) atoms. The van der Waals surface area contributed by atoms with Gasteiger partial charge in [-0.05, 0) is 44.4 Å². The second kappa shape index (κ2) is 5.93. The third-order valence-electron chi connectivity index (χ3n) is 3.92. The third kappa shape index (κ3) is 3.10. The van der Waals surface area contributed by atoms with Crippen molar-refractivity contribution in [1.29, 1.82) is 0 Å². The second-order valence-electron chi connectivity index (χ2n) is 5.61. The maximum absolute atomic E-state index is 10.6. The normalized spacial score (nSPS) is 19.6. The Labute approximate surface area is 115 Å². The maximum Gasteiger partial charge on any atom is 0.119 e. The number of benzene rings is 1. The predicted molar refractivity (Wildman–Crippen MR) is 75.4 cm³/mol. The highest BCUT2D eigenvalue weighted by Crippen LogP contribution is 2.42. The van der Waals surface area contributed by atoms with E-state index in [0.29, 0.717) is 0 Å². The lowest BCUT2D eigenvalue weighted by atomic mass is 9.89. The summed E-state index contributed by atoms with van der Waals surface area (Å²) in [6, 6.07) is 7.69. The van der Waals surface area contributed by atoms with Crippen LogP contribution in [-0.2, 0) is 4.74 Å². The largest absolute Gasteiger partial charge is 0.491 e. The number of ether oxygens (including phenoxy) is 2.